The van der Waals surface area contributed by atoms with Crippen LogP contribution in [0.5, 0.6) is 0 Å². The molecular weight excluding hydrogens is 263 g/mol. The number of carboxylic acids is 1. The zero-order valence-electron chi connectivity index (χ0n) is 11.0. The zero-order valence-corrected chi connectivity index (χ0v) is 11.0. The predicted octanol–water partition coefficient (Wildman–Crippen LogP) is 1.98. The normalized spacial score (nSPS) is 17.1. The third-order valence-corrected chi connectivity index (χ3v) is 3.35. The first kappa shape index (κ1) is 14.3. The summed E-state index contributed by atoms with van der Waals surface area (Å²) in [6, 6.07) is 3.98. The summed E-state index contributed by atoms with van der Waals surface area (Å²) >= 11 is 0. The number of benzene rings is 1. The molecule has 2 rings (SSSR count). The van der Waals surface area contributed by atoms with E-state index < -0.39 is 12.0 Å². The number of urea groups is 1. The zero-order chi connectivity index (χ0) is 14.5. The second kappa shape index (κ2) is 6.36. The lowest BCUT2D eigenvalue weighted by Crippen LogP contribution is -2.39. The first-order valence-electron chi connectivity index (χ1n) is 6.61. The molecule has 3 N–H and O–H groups in total. The van der Waals surface area contributed by atoms with E-state index in [1.165, 1.54) is 12.1 Å². The Labute approximate surface area is 116 Å². The van der Waals surface area contributed by atoms with E-state index in [4.69, 9.17) is 5.11 Å². The molecule has 0 aromatic heterocycles. The molecule has 0 unspecified atom stereocenters. The molecule has 1 aromatic rings. The van der Waals surface area contributed by atoms with Gasteiger partial charge in [-0.1, -0.05) is 6.07 Å². The third kappa shape index (κ3) is 3.69. The van der Waals surface area contributed by atoms with Crippen molar-refractivity contribution in [3.63, 3.8) is 0 Å². The number of amides is 2. The summed E-state index contributed by atoms with van der Waals surface area (Å²) in [5.41, 5.74) is 1.86. The van der Waals surface area contributed by atoms with E-state index in [0.717, 1.165) is 30.4 Å². The van der Waals surface area contributed by atoms with Gasteiger partial charge in [-0.15, -0.1) is 0 Å². The summed E-state index contributed by atoms with van der Waals surface area (Å²) in [5, 5.41) is 13.7. The van der Waals surface area contributed by atoms with Gasteiger partial charge in [-0.2, -0.15) is 0 Å². The van der Waals surface area contributed by atoms with Gasteiger partial charge in [0.05, 0.1) is 12.5 Å². The Hall–Kier alpha value is -2.11. The Morgan fingerprint density at radius 2 is 2.20 bits per heavy atom. The maximum Gasteiger partial charge on any atom is 0.315 e. The molecule has 0 spiro atoms. The molecule has 0 aliphatic heterocycles. The van der Waals surface area contributed by atoms with Crippen LogP contribution in [0, 0.1) is 5.82 Å². The van der Waals surface area contributed by atoms with Crippen LogP contribution in [0.2, 0.25) is 0 Å². The van der Waals surface area contributed by atoms with Crippen LogP contribution >= 0.6 is 0 Å². The summed E-state index contributed by atoms with van der Waals surface area (Å²) in [7, 11) is 0. The van der Waals surface area contributed by atoms with Gasteiger partial charge in [0, 0.05) is 6.54 Å². The van der Waals surface area contributed by atoms with Gasteiger partial charge >= 0.3 is 12.0 Å². The highest BCUT2D eigenvalue weighted by Gasteiger charge is 2.22. The molecule has 1 atom stereocenters. The second-order valence-corrected chi connectivity index (χ2v) is 4.83. The minimum Gasteiger partial charge on any atom is -0.481 e. The van der Waals surface area contributed by atoms with Crippen LogP contribution in [-0.4, -0.2) is 23.7 Å². The molecule has 1 aliphatic rings. The molecule has 1 aromatic carbocycles. The number of fused-ring (bicyclic) bond motifs is 1. The van der Waals surface area contributed by atoms with Crippen molar-refractivity contribution in [2.24, 2.45) is 0 Å². The third-order valence-electron chi connectivity index (χ3n) is 3.35. The highest BCUT2D eigenvalue weighted by Crippen LogP contribution is 2.30. The van der Waals surface area contributed by atoms with E-state index in [0.29, 0.717) is 0 Å². The Kier molecular flexibility index (Phi) is 4.55. The Morgan fingerprint density at radius 1 is 1.40 bits per heavy atom. The van der Waals surface area contributed by atoms with Gasteiger partial charge < -0.3 is 15.7 Å². The van der Waals surface area contributed by atoms with E-state index >= 15 is 0 Å². The van der Waals surface area contributed by atoms with Crippen LogP contribution < -0.4 is 10.6 Å². The summed E-state index contributed by atoms with van der Waals surface area (Å²) in [5.74, 6) is -1.28. The summed E-state index contributed by atoms with van der Waals surface area (Å²) < 4.78 is 13.3. The van der Waals surface area contributed by atoms with Gasteiger partial charge in [-0.3, -0.25) is 4.79 Å². The standard InChI is InChI=1S/C14H17FN2O3/c15-10-5-4-9-2-1-3-12(11(9)8-10)17-14(20)16-7-6-13(18)19/h4-5,8,12H,1-3,6-7H2,(H,18,19)(H2,16,17,20)/t12-/m1/s1. The number of hydrogen-bond donors (Lipinski definition) is 3. The van der Waals surface area contributed by atoms with Crippen molar-refractivity contribution >= 4 is 12.0 Å². The van der Waals surface area contributed by atoms with Crippen molar-refractivity contribution < 1.29 is 19.1 Å². The fourth-order valence-corrected chi connectivity index (χ4v) is 2.41. The van der Waals surface area contributed by atoms with Gasteiger partial charge in [0.2, 0.25) is 0 Å². The molecule has 0 radical (unpaired) electrons. The van der Waals surface area contributed by atoms with E-state index in [2.05, 4.69) is 10.6 Å². The molecule has 6 heteroatoms. The topological polar surface area (TPSA) is 78.4 Å². The number of hydrogen-bond acceptors (Lipinski definition) is 2. The number of aliphatic carboxylic acids is 1. The molecule has 2 amide bonds. The maximum atomic E-state index is 13.3. The van der Waals surface area contributed by atoms with Crippen molar-refractivity contribution in [2.45, 2.75) is 31.7 Å². The quantitative estimate of drug-likeness (QED) is 0.789. The van der Waals surface area contributed by atoms with Crippen molar-refractivity contribution in [1.29, 1.82) is 0 Å². The summed E-state index contributed by atoms with van der Waals surface area (Å²) in [6.45, 7) is 0.0733. The average molecular weight is 280 g/mol. The van der Waals surface area contributed by atoms with Crippen LogP contribution in [0.25, 0.3) is 0 Å². The number of carbonyl (C=O) groups is 2. The Bertz CT molecular complexity index is 519. The number of aryl methyl sites for hydroxylation is 1. The first-order chi connectivity index (χ1) is 9.56. The van der Waals surface area contributed by atoms with Crippen molar-refractivity contribution in [1.82, 2.24) is 10.6 Å². The predicted molar refractivity (Wildman–Crippen MR) is 70.9 cm³/mol. The number of rotatable bonds is 4. The lowest BCUT2D eigenvalue weighted by atomic mass is 9.87. The van der Waals surface area contributed by atoms with E-state index in [1.807, 2.05) is 0 Å². The lowest BCUT2D eigenvalue weighted by Gasteiger charge is -2.26. The van der Waals surface area contributed by atoms with E-state index in [-0.39, 0.29) is 24.8 Å². The molecule has 0 bridgehead atoms. The van der Waals surface area contributed by atoms with Gasteiger partial charge in [-0.05, 0) is 42.5 Å². The van der Waals surface area contributed by atoms with E-state index in [9.17, 15) is 14.0 Å². The Balaban J connectivity index is 1.96. The van der Waals surface area contributed by atoms with Gasteiger partial charge in [0.25, 0.3) is 0 Å². The molecular formula is C14H17FN2O3. The van der Waals surface area contributed by atoms with Crippen LogP contribution in [0.15, 0.2) is 18.2 Å². The fourth-order valence-electron chi connectivity index (χ4n) is 2.41. The molecule has 108 valence electrons. The van der Waals surface area contributed by atoms with Crippen LogP contribution in [-0.2, 0) is 11.2 Å². The largest absolute Gasteiger partial charge is 0.481 e. The highest BCUT2D eigenvalue weighted by molar-refractivity contribution is 5.75. The minimum atomic E-state index is -0.963. The highest BCUT2D eigenvalue weighted by atomic mass is 19.1. The van der Waals surface area contributed by atoms with Crippen molar-refractivity contribution in [3.8, 4) is 0 Å². The number of halogens is 1. The summed E-state index contributed by atoms with van der Waals surface area (Å²) in [6.07, 6.45) is 2.44. The lowest BCUT2D eigenvalue weighted by molar-refractivity contribution is -0.136. The summed E-state index contributed by atoms with van der Waals surface area (Å²) in [4.78, 5) is 22.0. The molecule has 20 heavy (non-hydrogen) atoms. The molecule has 1 aliphatic carbocycles. The SMILES string of the molecule is O=C(O)CCNC(=O)N[C@@H]1CCCc2ccc(F)cc21. The average Bonchev–Trinajstić information content (AvgIpc) is 2.39. The van der Waals surface area contributed by atoms with Gasteiger partial charge in [-0.25, -0.2) is 9.18 Å². The van der Waals surface area contributed by atoms with Crippen LogP contribution in [0.4, 0.5) is 9.18 Å². The van der Waals surface area contributed by atoms with Gasteiger partial charge in [0.1, 0.15) is 5.82 Å². The van der Waals surface area contributed by atoms with Crippen molar-refractivity contribution in [2.75, 3.05) is 6.54 Å². The van der Waals surface area contributed by atoms with E-state index in [1.54, 1.807) is 6.07 Å². The monoisotopic (exact) mass is 280 g/mol. The molecule has 0 saturated heterocycles. The number of carbonyl (C=O) groups excluding carboxylic acids is 1. The van der Waals surface area contributed by atoms with Crippen LogP contribution in [0.1, 0.15) is 36.4 Å². The second-order valence-electron chi connectivity index (χ2n) is 4.83. The van der Waals surface area contributed by atoms with Crippen LogP contribution in [0.3, 0.4) is 0 Å². The van der Waals surface area contributed by atoms with Crippen molar-refractivity contribution in [3.05, 3.63) is 35.1 Å². The molecule has 0 heterocycles. The molecule has 0 fully saturated rings. The molecule has 5 nitrogen and oxygen atoms in total. The maximum absolute atomic E-state index is 13.3. The molecule has 0 saturated carbocycles. The number of carboxylic acid groups (broad SMARTS) is 1. The number of nitrogens with one attached hydrogen (secondary N) is 2. The fraction of sp³-hybridized carbons (Fsp3) is 0.429. The smallest absolute Gasteiger partial charge is 0.315 e. The first-order valence-corrected chi connectivity index (χ1v) is 6.61. The Morgan fingerprint density at radius 3 is 2.95 bits per heavy atom. The van der Waals surface area contributed by atoms with Gasteiger partial charge in [0.15, 0.2) is 0 Å². The minimum absolute atomic E-state index is 0.0733.